The van der Waals surface area contributed by atoms with Crippen molar-refractivity contribution in [3.8, 4) is 0 Å². The van der Waals surface area contributed by atoms with E-state index in [4.69, 9.17) is 4.42 Å². The molecule has 0 saturated carbocycles. The lowest BCUT2D eigenvalue weighted by Gasteiger charge is -2.14. The van der Waals surface area contributed by atoms with Crippen LogP contribution in [0.1, 0.15) is 30.0 Å². The molecule has 21 heavy (non-hydrogen) atoms. The molecule has 0 fully saturated rings. The van der Waals surface area contributed by atoms with E-state index in [1.54, 1.807) is 0 Å². The van der Waals surface area contributed by atoms with Gasteiger partial charge < -0.3 is 9.73 Å². The maximum atomic E-state index is 6.10. The summed E-state index contributed by atoms with van der Waals surface area (Å²) in [5.41, 5.74) is 3.23. The summed E-state index contributed by atoms with van der Waals surface area (Å²) in [6, 6.07) is 14.5. The molecule has 3 rings (SSSR count). The van der Waals surface area contributed by atoms with Crippen molar-refractivity contribution in [2.75, 3.05) is 6.54 Å². The summed E-state index contributed by atoms with van der Waals surface area (Å²) in [4.78, 5) is 4.42. The lowest BCUT2D eigenvalue weighted by molar-refractivity contribution is 0.432. The highest BCUT2D eigenvalue weighted by Crippen LogP contribution is 2.27. The fourth-order valence-corrected chi connectivity index (χ4v) is 2.65. The largest absolute Gasteiger partial charge is 0.459 e. The Balaban J connectivity index is 1.93. The van der Waals surface area contributed by atoms with Crippen molar-refractivity contribution in [2.45, 2.75) is 26.3 Å². The average Bonchev–Trinajstić information content (AvgIpc) is 2.93. The number of benzene rings is 1. The first-order valence-corrected chi connectivity index (χ1v) is 7.40. The fraction of sp³-hybridized carbons (Fsp3) is 0.278. The first kappa shape index (κ1) is 13.8. The number of hydrogen-bond acceptors (Lipinski definition) is 3. The molecule has 0 aliphatic rings. The van der Waals surface area contributed by atoms with Crippen molar-refractivity contribution in [3.63, 3.8) is 0 Å². The third-order valence-electron chi connectivity index (χ3n) is 3.69. The summed E-state index contributed by atoms with van der Waals surface area (Å²) in [6.45, 7) is 5.09. The number of pyridine rings is 1. The summed E-state index contributed by atoms with van der Waals surface area (Å²) >= 11 is 0. The Labute approximate surface area is 125 Å². The number of hydrogen-bond donors (Lipinski definition) is 1. The molecule has 1 aromatic carbocycles. The molecule has 0 saturated heterocycles. The molecule has 0 aliphatic heterocycles. The van der Waals surface area contributed by atoms with Crippen molar-refractivity contribution in [1.82, 2.24) is 10.3 Å². The number of aryl methyl sites for hydroxylation is 1. The van der Waals surface area contributed by atoms with Gasteiger partial charge in [0.15, 0.2) is 0 Å². The molecule has 0 radical (unpaired) electrons. The maximum absolute atomic E-state index is 6.10. The highest BCUT2D eigenvalue weighted by Gasteiger charge is 2.17. The van der Waals surface area contributed by atoms with Crippen LogP contribution in [0.3, 0.4) is 0 Å². The molecular formula is C18H20N2O. The predicted octanol–water partition coefficient (Wildman–Crippen LogP) is 4.03. The summed E-state index contributed by atoms with van der Waals surface area (Å²) in [6.07, 6.45) is 2.66. The minimum absolute atomic E-state index is 0.150. The van der Waals surface area contributed by atoms with Crippen molar-refractivity contribution in [3.05, 3.63) is 65.7 Å². The zero-order chi connectivity index (χ0) is 14.7. The Morgan fingerprint density at radius 1 is 1.19 bits per heavy atom. The quantitative estimate of drug-likeness (QED) is 0.766. The van der Waals surface area contributed by atoms with Gasteiger partial charge in [-0.1, -0.05) is 31.2 Å². The van der Waals surface area contributed by atoms with Crippen molar-refractivity contribution >= 4 is 11.0 Å². The zero-order valence-electron chi connectivity index (χ0n) is 12.5. The monoisotopic (exact) mass is 280 g/mol. The van der Waals surface area contributed by atoms with Crippen LogP contribution in [0.25, 0.3) is 11.0 Å². The van der Waals surface area contributed by atoms with Crippen LogP contribution < -0.4 is 5.32 Å². The average molecular weight is 280 g/mol. The van der Waals surface area contributed by atoms with Gasteiger partial charge in [0, 0.05) is 23.7 Å². The molecule has 0 spiro atoms. The third kappa shape index (κ3) is 2.98. The van der Waals surface area contributed by atoms with Gasteiger partial charge in [0.2, 0.25) is 0 Å². The van der Waals surface area contributed by atoms with E-state index in [1.165, 1.54) is 5.56 Å². The Hall–Kier alpha value is -2.13. The van der Waals surface area contributed by atoms with Crippen LogP contribution in [-0.4, -0.2) is 11.5 Å². The number of nitrogens with zero attached hydrogens (tertiary/aromatic N) is 1. The summed E-state index contributed by atoms with van der Waals surface area (Å²) in [7, 11) is 0. The van der Waals surface area contributed by atoms with Crippen molar-refractivity contribution < 1.29 is 4.42 Å². The van der Waals surface area contributed by atoms with Crippen LogP contribution in [0.15, 0.2) is 53.1 Å². The van der Waals surface area contributed by atoms with E-state index in [-0.39, 0.29) is 6.04 Å². The number of likely N-dealkylation sites (N-methyl/N-ethyl adjacent to an activating group) is 1. The van der Waals surface area contributed by atoms with Gasteiger partial charge in [0.1, 0.15) is 11.3 Å². The second-order valence-corrected chi connectivity index (χ2v) is 5.28. The van der Waals surface area contributed by atoms with Crippen molar-refractivity contribution in [2.24, 2.45) is 0 Å². The second-order valence-electron chi connectivity index (χ2n) is 5.28. The van der Waals surface area contributed by atoms with E-state index < -0.39 is 0 Å². The van der Waals surface area contributed by atoms with Gasteiger partial charge in [-0.15, -0.1) is 0 Å². The lowest BCUT2D eigenvalue weighted by Crippen LogP contribution is -2.22. The van der Waals surface area contributed by atoms with Gasteiger partial charge in [-0.3, -0.25) is 4.98 Å². The van der Waals surface area contributed by atoms with E-state index in [0.717, 1.165) is 35.4 Å². The highest BCUT2D eigenvalue weighted by molar-refractivity contribution is 5.81. The van der Waals surface area contributed by atoms with Gasteiger partial charge >= 0.3 is 0 Å². The molecule has 1 unspecified atom stereocenters. The molecule has 1 N–H and O–H groups in total. The minimum atomic E-state index is 0.150. The molecule has 2 aromatic heterocycles. The number of para-hydroxylation sites is 1. The van der Waals surface area contributed by atoms with E-state index in [0.29, 0.717) is 0 Å². The van der Waals surface area contributed by atoms with Crippen LogP contribution in [-0.2, 0) is 6.42 Å². The minimum Gasteiger partial charge on any atom is -0.459 e. The van der Waals surface area contributed by atoms with Gasteiger partial charge in [-0.2, -0.15) is 0 Å². The van der Waals surface area contributed by atoms with Gasteiger partial charge in [-0.05, 0) is 37.2 Å². The summed E-state index contributed by atoms with van der Waals surface area (Å²) < 4.78 is 6.10. The Morgan fingerprint density at radius 2 is 2.10 bits per heavy atom. The van der Waals surface area contributed by atoms with E-state index >= 15 is 0 Å². The highest BCUT2D eigenvalue weighted by atomic mass is 16.3. The van der Waals surface area contributed by atoms with Crippen LogP contribution >= 0.6 is 0 Å². The van der Waals surface area contributed by atoms with E-state index in [1.807, 2.05) is 18.3 Å². The molecular weight excluding hydrogens is 260 g/mol. The second kappa shape index (κ2) is 6.10. The Kier molecular flexibility index (Phi) is 4.02. The normalized spacial score (nSPS) is 12.7. The first-order valence-electron chi connectivity index (χ1n) is 7.40. The standard InChI is InChI=1S/C18H20N2O/c1-3-19-16(12-15-9-4-5-10-20-15)17-11-14-8-6-7-13(2)18(14)21-17/h4-11,16,19H,3,12H2,1-2H3. The zero-order valence-corrected chi connectivity index (χ0v) is 12.5. The number of rotatable bonds is 5. The molecule has 1 atom stereocenters. The molecule has 3 heteroatoms. The molecule has 3 nitrogen and oxygen atoms in total. The van der Waals surface area contributed by atoms with E-state index in [2.05, 4.69) is 54.5 Å². The third-order valence-corrected chi connectivity index (χ3v) is 3.69. The SMILES string of the molecule is CCNC(Cc1ccccn1)c1cc2cccc(C)c2o1. The maximum Gasteiger partial charge on any atom is 0.137 e. The van der Waals surface area contributed by atoms with Gasteiger partial charge in [-0.25, -0.2) is 0 Å². The Morgan fingerprint density at radius 3 is 2.81 bits per heavy atom. The smallest absolute Gasteiger partial charge is 0.137 e. The fourth-order valence-electron chi connectivity index (χ4n) is 2.65. The predicted molar refractivity (Wildman–Crippen MR) is 85.3 cm³/mol. The van der Waals surface area contributed by atoms with Gasteiger partial charge in [0.25, 0.3) is 0 Å². The molecule has 0 bridgehead atoms. The van der Waals surface area contributed by atoms with Crippen LogP contribution in [0.4, 0.5) is 0 Å². The number of nitrogens with one attached hydrogen (secondary N) is 1. The molecule has 3 aromatic rings. The molecule has 0 aliphatic carbocycles. The number of aromatic nitrogens is 1. The van der Waals surface area contributed by atoms with Crippen LogP contribution in [0.2, 0.25) is 0 Å². The topological polar surface area (TPSA) is 38.1 Å². The number of furan rings is 1. The Bertz CT molecular complexity index is 718. The van der Waals surface area contributed by atoms with Crippen molar-refractivity contribution in [1.29, 1.82) is 0 Å². The molecule has 0 amide bonds. The van der Waals surface area contributed by atoms with Crippen LogP contribution in [0, 0.1) is 6.92 Å². The molecule has 2 heterocycles. The number of fused-ring (bicyclic) bond motifs is 1. The van der Waals surface area contributed by atoms with Gasteiger partial charge in [0.05, 0.1) is 6.04 Å². The first-order chi connectivity index (χ1) is 10.3. The van der Waals surface area contributed by atoms with Crippen LogP contribution in [0.5, 0.6) is 0 Å². The van der Waals surface area contributed by atoms with E-state index in [9.17, 15) is 0 Å². The lowest BCUT2D eigenvalue weighted by atomic mass is 10.1. The summed E-state index contributed by atoms with van der Waals surface area (Å²) in [5, 5.41) is 4.66. The molecule has 108 valence electrons. The summed E-state index contributed by atoms with van der Waals surface area (Å²) in [5.74, 6) is 0.979.